The fraction of sp³-hybridized carbons (Fsp3) is 0.347. The molecule has 2 heterocycles. The van der Waals surface area contributed by atoms with Gasteiger partial charge in [-0.05, 0) is 215 Å². The summed E-state index contributed by atoms with van der Waals surface area (Å²) < 4.78 is 0. The van der Waals surface area contributed by atoms with Gasteiger partial charge in [-0.2, -0.15) is 0 Å². The molecule has 103 heavy (non-hydrogen) atoms. The smallest absolute Gasteiger partial charge is 0.0540 e. The van der Waals surface area contributed by atoms with E-state index in [4.69, 9.17) is 0 Å². The van der Waals surface area contributed by atoms with Gasteiger partial charge in [0.15, 0.2) is 0 Å². The first-order valence-corrected chi connectivity index (χ1v) is 38.1. The zero-order valence-corrected chi connectivity index (χ0v) is 66.5. The maximum atomic E-state index is 2.74. The van der Waals surface area contributed by atoms with Crippen LogP contribution in [0.2, 0.25) is 0 Å². The van der Waals surface area contributed by atoms with Gasteiger partial charge >= 0.3 is 0 Å². The van der Waals surface area contributed by atoms with Crippen LogP contribution in [0.1, 0.15) is 267 Å². The number of benzene rings is 11. The Kier molecular flexibility index (Phi) is 17.1. The normalized spacial score (nSPS) is 14.4. The van der Waals surface area contributed by atoms with Crippen molar-refractivity contribution in [1.29, 1.82) is 0 Å². The number of nitrogens with zero attached hydrogens (tertiary/aromatic N) is 2. The van der Waals surface area contributed by atoms with E-state index in [2.05, 4.69) is 394 Å². The van der Waals surface area contributed by atoms with Crippen molar-refractivity contribution >= 4 is 34.1 Å². The molecule has 0 amide bonds. The Hall–Kier alpha value is -8.98. The van der Waals surface area contributed by atoms with Gasteiger partial charge in [-0.15, -0.1) is 0 Å². The van der Waals surface area contributed by atoms with E-state index in [1.807, 2.05) is 0 Å². The predicted octanol–water partition coefficient (Wildman–Crippen LogP) is 28.6. The molecular formula is C101H112N2. The number of hydrogen-bond donors (Lipinski definition) is 0. The van der Waals surface area contributed by atoms with E-state index >= 15 is 0 Å². The lowest BCUT2D eigenvalue weighted by atomic mass is 9.71. The van der Waals surface area contributed by atoms with Gasteiger partial charge in [-0.1, -0.05) is 336 Å². The molecule has 0 radical (unpaired) electrons. The molecule has 526 valence electrons. The largest absolute Gasteiger partial charge is 0.309 e. The van der Waals surface area contributed by atoms with Crippen LogP contribution in [0.4, 0.5) is 34.1 Å². The lowest BCUT2D eigenvalue weighted by molar-refractivity contribution is 0.568. The second kappa shape index (κ2) is 24.9. The molecule has 3 aliphatic rings. The van der Waals surface area contributed by atoms with Crippen LogP contribution in [0.15, 0.2) is 218 Å². The SMILES string of the molecule is CC(C)(C)c1ccc(-c2cc(C(C)(C)C)ccc2N2c3cc(-c4cc(C(C)(C)C)cc(C(C)(C)C)c4)ccc3C3c4ccc(-c5cc(C(C)(C)C)cc(C(C)(C)C)c5)cc4N(c4ccc(C(C)(C)C)cc4-c4ccc(C(C)(C)C)cc4)c4cc(C5c6ccccc6Cc6ccccc65)cc2c43)cc1. The summed E-state index contributed by atoms with van der Waals surface area (Å²) in [5, 5.41) is 0. The fourth-order valence-corrected chi connectivity index (χ4v) is 16.2. The highest BCUT2D eigenvalue weighted by molar-refractivity contribution is 6.02. The lowest BCUT2D eigenvalue weighted by Gasteiger charge is -2.47. The molecule has 0 saturated heterocycles. The molecule has 1 aliphatic carbocycles. The van der Waals surface area contributed by atoms with Gasteiger partial charge in [0.25, 0.3) is 0 Å². The molecule has 0 aromatic heterocycles. The van der Waals surface area contributed by atoms with E-state index < -0.39 is 0 Å². The van der Waals surface area contributed by atoms with Gasteiger partial charge in [0.2, 0.25) is 0 Å². The summed E-state index contributed by atoms with van der Waals surface area (Å²) in [6.45, 7) is 56.5. The molecule has 2 heteroatoms. The van der Waals surface area contributed by atoms with Crippen molar-refractivity contribution in [3.8, 4) is 44.5 Å². The Morgan fingerprint density at radius 2 is 0.534 bits per heavy atom. The third-order valence-electron chi connectivity index (χ3n) is 22.9. The van der Waals surface area contributed by atoms with E-state index in [0.29, 0.717) is 0 Å². The van der Waals surface area contributed by atoms with Crippen LogP contribution in [0, 0.1) is 0 Å². The standard InChI is InChI=1S/C101H112N2/c1-94(2,3)71-39-33-62(34-40-71)83-60-73(96(7,8)9)43-47-85(83)102-87-54-64(68-50-75(98(13,14)15)58-76(51-68)99(16,17)18)37-45-81(87)92-82-46-38-65(69-52-77(100(19,20)21)59-78(53-69)101(22,23)24)55-88(82)103(86-48-44-74(97(10,11)12)61-84(86)63-35-41-72(42-36-63)95(4,5)6)90-57-70(56-89(102)93(90)92)91-79-31-27-25-29-66(79)49-67-30-26-28-32-80(67)91/h25-48,50-61,91-92H,49H2,1-24H3. The second-order valence-corrected chi connectivity index (χ2v) is 38.8. The van der Waals surface area contributed by atoms with Gasteiger partial charge in [-0.25, -0.2) is 0 Å². The molecule has 0 unspecified atom stereocenters. The summed E-state index contributed by atoms with van der Waals surface area (Å²) in [6.07, 6.45) is 0.892. The predicted molar refractivity (Wildman–Crippen MR) is 445 cm³/mol. The fourth-order valence-electron chi connectivity index (χ4n) is 16.2. The summed E-state index contributed by atoms with van der Waals surface area (Å²) >= 11 is 0. The molecule has 0 bridgehead atoms. The molecule has 0 saturated carbocycles. The Bertz CT molecular complexity index is 4740. The molecule has 11 aromatic carbocycles. The van der Waals surface area contributed by atoms with Crippen molar-refractivity contribution in [2.45, 2.75) is 228 Å². The molecule has 14 rings (SSSR count). The van der Waals surface area contributed by atoms with Crippen LogP contribution in [0.3, 0.4) is 0 Å². The van der Waals surface area contributed by atoms with Crippen LogP contribution in [0.25, 0.3) is 44.5 Å². The second-order valence-electron chi connectivity index (χ2n) is 38.8. The van der Waals surface area contributed by atoms with E-state index in [0.717, 1.165) is 17.8 Å². The third-order valence-corrected chi connectivity index (χ3v) is 22.9. The maximum absolute atomic E-state index is 2.74. The molecule has 0 fully saturated rings. The quantitative estimate of drug-likeness (QED) is 0.157. The van der Waals surface area contributed by atoms with E-state index in [9.17, 15) is 0 Å². The van der Waals surface area contributed by atoms with Crippen molar-refractivity contribution in [3.63, 3.8) is 0 Å². The monoisotopic (exact) mass is 1350 g/mol. The van der Waals surface area contributed by atoms with E-state index in [1.165, 1.54) is 156 Å². The zero-order valence-electron chi connectivity index (χ0n) is 66.5. The first kappa shape index (κ1) is 71.0. The van der Waals surface area contributed by atoms with Gasteiger partial charge in [0, 0.05) is 28.5 Å². The highest BCUT2D eigenvalue weighted by Crippen LogP contribution is 2.64. The van der Waals surface area contributed by atoms with E-state index in [1.54, 1.807) is 0 Å². The minimum absolute atomic E-state index is 0.0174. The van der Waals surface area contributed by atoms with Crippen molar-refractivity contribution in [3.05, 3.63) is 307 Å². The summed E-state index contributed by atoms with van der Waals surface area (Å²) in [6, 6.07) is 88.0. The third kappa shape index (κ3) is 13.3. The minimum Gasteiger partial charge on any atom is -0.309 e. The molecular weight excluding hydrogens is 1240 g/mol. The van der Waals surface area contributed by atoms with Crippen LogP contribution < -0.4 is 9.80 Å². The van der Waals surface area contributed by atoms with Crippen LogP contribution in [0.5, 0.6) is 0 Å². The lowest BCUT2D eigenvalue weighted by Crippen LogP contribution is -2.30. The summed E-state index contributed by atoms with van der Waals surface area (Å²) in [7, 11) is 0. The maximum Gasteiger partial charge on any atom is 0.0540 e. The zero-order chi connectivity index (χ0) is 73.8. The van der Waals surface area contributed by atoms with E-state index in [-0.39, 0.29) is 55.2 Å². The van der Waals surface area contributed by atoms with Gasteiger partial charge < -0.3 is 9.80 Å². The average Bonchev–Trinajstić information content (AvgIpc) is 0.688. The number of fused-ring (bicyclic) bond motifs is 6. The number of rotatable bonds is 7. The Balaban J connectivity index is 1.17. The summed E-state index contributed by atoms with van der Waals surface area (Å²) in [5.74, 6) is -0.244. The van der Waals surface area contributed by atoms with Crippen molar-refractivity contribution in [2.24, 2.45) is 0 Å². The molecule has 0 spiro atoms. The summed E-state index contributed by atoms with van der Waals surface area (Å²) in [5.41, 5.74) is 37.5. The molecule has 0 atom stereocenters. The highest BCUT2D eigenvalue weighted by Gasteiger charge is 2.44. The highest BCUT2D eigenvalue weighted by atomic mass is 15.2. The first-order valence-electron chi connectivity index (χ1n) is 38.1. The van der Waals surface area contributed by atoms with Crippen molar-refractivity contribution in [1.82, 2.24) is 0 Å². The average molecular weight is 1350 g/mol. The van der Waals surface area contributed by atoms with Gasteiger partial charge in [0.1, 0.15) is 0 Å². The minimum atomic E-state index is -0.172. The number of anilines is 6. The molecule has 0 N–H and O–H groups in total. The van der Waals surface area contributed by atoms with Crippen LogP contribution in [-0.2, 0) is 49.7 Å². The molecule has 2 aliphatic heterocycles. The van der Waals surface area contributed by atoms with Crippen LogP contribution >= 0.6 is 0 Å². The van der Waals surface area contributed by atoms with Crippen molar-refractivity contribution in [2.75, 3.05) is 9.80 Å². The van der Waals surface area contributed by atoms with Gasteiger partial charge in [-0.3, -0.25) is 0 Å². The Morgan fingerprint density at radius 3 is 0.864 bits per heavy atom. The Labute approximate surface area is 619 Å². The van der Waals surface area contributed by atoms with Gasteiger partial charge in [0.05, 0.1) is 34.1 Å². The van der Waals surface area contributed by atoms with Crippen molar-refractivity contribution < 1.29 is 0 Å². The topological polar surface area (TPSA) is 6.48 Å². The first-order chi connectivity index (χ1) is 48.1. The van der Waals surface area contributed by atoms with Crippen LogP contribution in [-0.4, -0.2) is 0 Å². The number of hydrogen-bond acceptors (Lipinski definition) is 2. The summed E-state index contributed by atoms with van der Waals surface area (Å²) in [4.78, 5) is 5.49. The Morgan fingerprint density at radius 1 is 0.223 bits per heavy atom. The molecule has 2 nitrogen and oxygen atoms in total. The molecule has 11 aromatic rings.